The van der Waals surface area contributed by atoms with Crippen LogP contribution in [0, 0.1) is 0 Å². The van der Waals surface area contributed by atoms with E-state index in [2.05, 4.69) is 101 Å². The predicted octanol–water partition coefficient (Wildman–Crippen LogP) is 16.2. The largest absolute Gasteiger partial charge is 0.251 e. The summed E-state index contributed by atoms with van der Waals surface area (Å²) in [5.41, 5.74) is 7.46. The van der Waals surface area contributed by atoms with E-state index in [0.29, 0.717) is 0 Å². The van der Waals surface area contributed by atoms with Gasteiger partial charge in [-0.3, -0.25) is 9.98 Å². The highest BCUT2D eigenvalue weighted by Crippen LogP contribution is 2.26. The SMILES string of the molecule is CCCCCC/C=C/CCCc1ccccc1N=C(CCCC)C(CCCCCCCC)=Nc1ccccc1CCC/C=C/CCCCCC. The molecule has 0 radical (unpaired) electrons. The summed E-state index contributed by atoms with van der Waals surface area (Å²) in [4.78, 5) is 11.0. The van der Waals surface area contributed by atoms with Crippen molar-refractivity contribution in [1.82, 2.24) is 0 Å². The molecule has 0 atom stereocenters. The van der Waals surface area contributed by atoms with E-state index in [1.54, 1.807) is 0 Å². The molecule has 0 saturated heterocycles. The summed E-state index contributed by atoms with van der Waals surface area (Å²) in [5.74, 6) is 0. The highest BCUT2D eigenvalue weighted by Gasteiger charge is 2.13. The predicted molar refractivity (Wildman–Crippen MR) is 226 cm³/mol. The maximum atomic E-state index is 5.51. The van der Waals surface area contributed by atoms with Crippen LogP contribution in [0.1, 0.15) is 193 Å². The second-order valence-corrected chi connectivity index (χ2v) is 14.4. The molecule has 2 heteroatoms. The molecule has 2 nitrogen and oxygen atoms in total. The molecule has 0 unspecified atom stereocenters. The number of hydrogen-bond acceptors (Lipinski definition) is 2. The van der Waals surface area contributed by atoms with Gasteiger partial charge in [0.15, 0.2) is 0 Å². The Morgan fingerprint density at radius 1 is 0.400 bits per heavy atom. The molecule has 0 spiro atoms. The minimum atomic E-state index is 0.992. The zero-order chi connectivity index (χ0) is 35.7. The van der Waals surface area contributed by atoms with Crippen LogP contribution in [0.15, 0.2) is 82.8 Å². The van der Waals surface area contributed by atoms with E-state index in [1.165, 1.54) is 145 Å². The first kappa shape index (κ1) is 43.4. The molecule has 0 aromatic heterocycles. The van der Waals surface area contributed by atoms with Crippen LogP contribution in [-0.4, -0.2) is 11.4 Å². The van der Waals surface area contributed by atoms with Crippen molar-refractivity contribution in [2.45, 2.75) is 195 Å². The van der Waals surface area contributed by atoms with Crippen LogP contribution in [0.2, 0.25) is 0 Å². The number of para-hydroxylation sites is 2. The van der Waals surface area contributed by atoms with Crippen molar-refractivity contribution < 1.29 is 0 Å². The van der Waals surface area contributed by atoms with Crippen LogP contribution < -0.4 is 0 Å². The monoisotopic (exact) mass is 681 g/mol. The van der Waals surface area contributed by atoms with Gasteiger partial charge in [0.25, 0.3) is 0 Å². The summed E-state index contributed by atoms with van der Waals surface area (Å²) in [6.07, 6.45) is 41.6. The summed E-state index contributed by atoms with van der Waals surface area (Å²) < 4.78 is 0. The summed E-state index contributed by atoms with van der Waals surface area (Å²) in [5, 5.41) is 0. The Hall–Kier alpha value is -2.74. The average Bonchev–Trinajstić information content (AvgIpc) is 3.14. The molecule has 0 N–H and O–H groups in total. The van der Waals surface area contributed by atoms with E-state index in [0.717, 1.165) is 56.3 Å². The van der Waals surface area contributed by atoms with E-state index in [-0.39, 0.29) is 0 Å². The Morgan fingerprint density at radius 2 is 0.760 bits per heavy atom. The molecule has 50 heavy (non-hydrogen) atoms. The van der Waals surface area contributed by atoms with E-state index in [1.807, 2.05) is 0 Å². The van der Waals surface area contributed by atoms with Crippen molar-refractivity contribution in [3.05, 3.63) is 84.0 Å². The second kappa shape index (κ2) is 31.0. The number of rotatable bonds is 31. The highest BCUT2D eigenvalue weighted by atomic mass is 14.8. The van der Waals surface area contributed by atoms with Crippen molar-refractivity contribution in [1.29, 1.82) is 0 Å². The Balaban J connectivity index is 2.25. The zero-order valence-electron chi connectivity index (χ0n) is 33.2. The number of allylic oxidation sites excluding steroid dienone is 4. The smallest absolute Gasteiger partial charge is 0.0665 e. The van der Waals surface area contributed by atoms with Gasteiger partial charge in [-0.1, -0.05) is 165 Å². The standard InChI is InChI=1S/C48H76N2/c1-5-9-13-16-19-21-23-25-28-35-43-37-31-33-40-45(43)49-47(39-12-8-4)48(42-30-27-18-15-11-7-3)50-46-41-34-32-38-44(46)36-29-26-24-22-20-17-14-10-6-2/h21-24,31-34,37-38,40-41H,5-20,25-30,35-36,39,42H2,1-4H3/b23-21+,24-22+,49-47?,50-48?. The van der Waals surface area contributed by atoms with Crippen LogP contribution in [0.3, 0.4) is 0 Å². The minimum Gasteiger partial charge on any atom is -0.251 e. The van der Waals surface area contributed by atoms with E-state index < -0.39 is 0 Å². The number of benzene rings is 2. The fraction of sp³-hybridized carbons (Fsp3) is 0.625. The Kier molecular flexibility index (Phi) is 27.0. The van der Waals surface area contributed by atoms with Crippen molar-refractivity contribution in [3.8, 4) is 0 Å². The van der Waals surface area contributed by atoms with Gasteiger partial charge >= 0.3 is 0 Å². The van der Waals surface area contributed by atoms with Crippen molar-refractivity contribution in [2.75, 3.05) is 0 Å². The fourth-order valence-corrected chi connectivity index (χ4v) is 6.57. The molecular weight excluding hydrogens is 605 g/mol. The van der Waals surface area contributed by atoms with Crippen molar-refractivity contribution in [3.63, 3.8) is 0 Å². The average molecular weight is 681 g/mol. The molecule has 0 fully saturated rings. The summed E-state index contributed by atoms with van der Waals surface area (Å²) in [6, 6.07) is 17.8. The van der Waals surface area contributed by atoms with Gasteiger partial charge in [0.1, 0.15) is 0 Å². The van der Waals surface area contributed by atoms with Crippen LogP contribution in [0.25, 0.3) is 0 Å². The molecule has 0 aliphatic heterocycles. The lowest BCUT2D eigenvalue weighted by Gasteiger charge is -2.14. The molecule has 0 saturated carbocycles. The molecule has 278 valence electrons. The first-order valence-corrected chi connectivity index (χ1v) is 21.3. The number of nitrogens with zero attached hydrogens (tertiary/aromatic N) is 2. The third-order valence-corrected chi connectivity index (χ3v) is 9.78. The number of aliphatic imine (C=N–C) groups is 2. The van der Waals surface area contributed by atoms with E-state index in [9.17, 15) is 0 Å². The van der Waals surface area contributed by atoms with Crippen LogP contribution >= 0.6 is 0 Å². The molecule has 0 aliphatic rings. The molecule has 2 aromatic rings. The summed E-state index contributed by atoms with van der Waals surface area (Å²) in [6.45, 7) is 9.16. The molecule has 2 rings (SSSR count). The van der Waals surface area contributed by atoms with Gasteiger partial charge < -0.3 is 0 Å². The van der Waals surface area contributed by atoms with Gasteiger partial charge in [0.05, 0.1) is 22.8 Å². The summed E-state index contributed by atoms with van der Waals surface area (Å²) >= 11 is 0. The van der Waals surface area contributed by atoms with E-state index >= 15 is 0 Å². The Morgan fingerprint density at radius 3 is 1.22 bits per heavy atom. The maximum Gasteiger partial charge on any atom is 0.0665 e. The lowest BCUT2D eigenvalue weighted by atomic mass is 10.00. The van der Waals surface area contributed by atoms with Gasteiger partial charge in [0.2, 0.25) is 0 Å². The van der Waals surface area contributed by atoms with Crippen molar-refractivity contribution >= 4 is 22.8 Å². The normalized spacial score (nSPS) is 12.6. The molecule has 0 amide bonds. The first-order valence-electron chi connectivity index (χ1n) is 21.3. The van der Waals surface area contributed by atoms with Crippen LogP contribution in [0.5, 0.6) is 0 Å². The maximum absolute atomic E-state index is 5.51. The van der Waals surface area contributed by atoms with Gasteiger partial charge in [-0.2, -0.15) is 0 Å². The van der Waals surface area contributed by atoms with Crippen LogP contribution in [0.4, 0.5) is 11.4 Å². The highest BCUT2D eigenvalue weighted by molar-refractivity contribution is 6.43. The zero-order valence-corrected chi connectivity index (χ0v) is 33.2. The molecule has 2 aromatic carbocycles. The third kappa shape index (κ3) is 20.8. The molecule has 0 aliphatic carbocycles. The molecular formula is C48H76N2. The molecule has 0 bridgehead atoms. The third-order valence-electron chi connectivity index (χ3n) is 9.78. The van der Waals surface area contributed by atoms with Gasteiger partial charge in [-0.25, -0.2) is 0 Å². The lowest BCUT2D eigenvalue weighted by Crippen LogP contribution is -2.15. The topological polar surface area (TPSA) is 24.7 Å². The molecule has 0 heterocycles. The van der Waals surface area contributed by atoms with Gasteiger partial charge in [-0.05, 0) is 113 Å². The number of unbranched alkanes of at least 4 members (excludes halogenated alkanes) is 16. The quantitative estimate of drug-likeness (QED) is 0.0430. The van der Waals surface area contributed by atoms with Gasteiger partial charge in [-0.15, -0.1) is 0 Å². The Bertz CT molecular complexity index is 1220. The number of aryl methyl sites for hydroxylation is 2. The van der Waals surface area contributed by atoms with Gasteiger partial charge in [0, 0.05) is 0 Å². The van der Waals surface area contributed by atoms with Crippen LogP contribution in [-0.2, 0) is 12.8 Å². The summed E-state index contributed by atoms with van der Waals surface area (Å²) in [7, 11) is 0. The van der Waals surface area contributed by atoms with E-state index in [4.69, 9.17) is 9.98 Å². The minimum absolute atomic E-state index is 0.992. The Labute approximate surface area is 310 Å². The second-order valence-electron chi connectivity index (χ2n) is 14.4. The fourth-order valence-electron chi connectivity index (χ4n) is 6.57. The van der Waals surface area contributed by atoms with Crippen molar-refractivity contribution in [2.24, 2.45) is 9.98 Å². The number of hydrogen-bond donors (Lipinski definition) is 0. The first-order chi connectivity index (χ1) is 24.7. The lowest BCUT2D eigenvalue weighted by molar-refractivity contribution is 0.616.